The lowest BCUT2D eigenvalue weighted by Gasteiger charge is -2.32. The number of likely N-dealkylation sites (tertiary alicyclic amines) is 1. The second-order valence-electron chi connectivity index (χ2n) is 8.16. The van der Waals surface area contributed by atoms with Gasteiger partial charge in [-0.15, -0.1) is 0 Å². The number of hydrogen-bond acceptors (Lipinski definition) is 4. The first kappa shape index (κ1) is 21.4. The molecule has 1 fully saturated rings. The molecule has 1 aromatic carbocycles. The minimum absolute atomic E-state index is 0.00798. The smallest absolute Gasteiger partial charge is 0.257 e. The van der Waals surface area contributed by atoms with Crippen molar-refractivity contribution >= 4 is 18.1 Å². The van der Waals surface area contributed by atoms with Crippen LogP contribution >= 0.6 is 12.2 Å². The van der Waals surface area contributed by atoms with Crippen LogP contribution in [0.25, 0.3) is 5.69 Å². The van der Waals surface area contributed by atoms with Crippen LogP contribution in [0.1, 0.15) is 67.4 Å². The van der Waals surface area contributed by atoms with E-state index in [-0.39, 0.29) is 23.7 Å². The molecule has 0 spiro atoms. The molecule has 0 unspecified atom stereocenters. The Bertz CT molecular complexity index is 1120. The van der Waals surface area contributed by atoms with Crippen LogP contribution in [0.4, 0.5) is 4.39 Å². The summed E-state index contributed by atoms with van der Waals surface area (Å²) in [5.74, 6) is 0.941. The van der Waals surface area contributed by atoms with E-state index in [0.717, 1.165) is 30.0 Å². The molecular formula is C22H27FN6OS. The number of rotatable bonds is 5. The lowest BCUT2D eigenvalue weighted by atomic mass is 9.95. The summed E-state index contributed by atoms with van der Waals surface area (Å²) in [7, 11) is 0. The van der Waals surface area contributed by atoms with Crippen LogP contribution in [0.15, 0.2) is 30.5 Å². The van der Waals surface area contributed by atoms with E-state index >= 15 is 0 Å². The molecule has 1 saturated heterocycles. The number of aromatic amines is 1. The van der Waals surface area contributed by atoms with Crippen LogP contribution < -0.4 is 0 Å². The van der Waals surface area contributed by atoms with E-state index in [0.29, 0.717) is 29.8 Å². The van der Waals surface area contributed by atoms with Crippen molar-refractivity contribution < 1.29 is 9.18 Å². The third-order valence-corrected chi connectivity index (χ3v) is 6.19. The van der Waals surface area contributed by atoms with Gasteiger partial charge >= 0.3 is 0 Å². The fraction of sp³-hybridized carbons (Fsp3) is 0.455. The van der Waals surface area contributed by atoms with Crippen molar-refractivity contribution in [2.45, 2.75) is 52.0 Å². The largest absolute Gasteiger partial charge is 0.338 e. The van der Waals surface area contributed by atoms with Gasteiger partial charge in [0.2, 0.25) is 0 Å². The zero-order valence-electron chi connectivity index (χ0n) is 18.0. The molecule has 0 bridgehead atoms. The van der Waals surface area contributed by atoms with Gasteiger partial charge in [-0.25, -0.2) is 9.07 Å². The van der Waals surface area contributed by atoms with E-state index in [1.807, 2.05) is 11.8 Å². The molecule has 1 N–H and O–H groups in total. The summed E-state index contributed by atoms with van der Waals surface area (Å²) in [6, 6.07) is 6.38. The van der Waals surface area contributed by atoms with Crippen LogP contribution in [0, 0.1) is 10.6 Å². The zero-order chi connectivity index (χ0) is 22.1. The molecule has 2 aromatic heterocycles. The standard InChI is InChI=1S/C22H27FN6OS/c1-4-19-18(13-24-29(19)17-7-5-16(23)6-8-17)21(30)27-11-9-15(10-12-27)20-25-26-22(31)28(20)14(2)3/h5-8,13-15H,4,9-12H2,1-3H3,(H,26,31). The molecule has 0 radical (unpaired) electrons. The first-order valence-electron chi connectivity index (χ1n) is 10.7. The van der Waals surface area contributed by atoms with Gasteiger partial charge in [-0.1, -0.05) is 6.92 Å². The highest BCUT2D eigenvalue weighted by Gasteiger charge is 2.30. The maximum Gasteiger partial charge on any atom is 0.257 e. The minimum atomic E-state index is -0.299. The molecule has 0 aliphatic carbocycles. The molecule has 1 aliphatic rings. The fourth-order valence-electron chi connectivity index (χ4n) is 4.31. The summed E-state index contributed by atoms with van der Waals surface area (Å²) in [5.41, 5.74) is 2.18. The Morgan fingerprint density at radius 2 is 1.94 bits per heavy atom. The van der Waals surface area contributed by atoms with E-state index in [2.05, 4.69) is 33.7 Å². The predicted molar refractivity (Wildman–Crippen MR) is 119 cm³/mol. The molecular weight excluding hydrogens is 415 g/mol. The number of benzene rings is 1. The molecule has 4 rings (SSSR count). The van der Waals surface area contributed by atoms with E-state index in [4.69, 9.17) is 12.2 Å². The predicted octanol–water partition coefficient (Wildman–Crippen LogP) is 4.43. The molecule has 9 heteroatoms. The first-order chi connectivity index (χ1) is 14.9. The number of hydrogen-bond donors (Lipinski definition) is 1. The molecule has 164 valence electrons. The van der Waals surface area contributed by atoms with Crippen LogP contribution in [0.3, 0.4) is 0 Å². The highest BCUT2D eigenvalue weighted by molar-refractivity contribution is 7.71. The summed E-state index contributed by atoms with van der Waals surface area (Å²) in [6.07, 6.45) is 3.95. The van der Waals surface area contributed by atoms with E-state index in [1.165, 1.54) is 12.1 Å². The molecule has 3 aromatic rings. The van der Waals surface area contributed by atoms with Crippen LogP contribution in [-0.2, 0) is 6.42 Å². The third kappa shape index (κ3) is 4.06. The normalized spacial score (nSPS) is 15.1. The van der Waals surface area contributed by atoms with Crippen molar-refractivity contribution in [1.82, 2.24) is 29.4 Å². The van der Waals surface area contributed by atoms with Gasteiger partial charge in [-0.2, -0.15) is 10.2 Å². The molecule has 0 saturated carbocycles. The van der Waals surface area contributed by atoms with E-state index < -0.39 is 0 Å². The second-order valence-corrected chi connectivity index (χ2v) is 8.55. The van der Waals surface area contributed by atoms with Gasteiger partial charge in [0.05, 0.1) is 23.1 Å². The Kier molecular flexibility index (Phi) is 6.04. The number of carbonyl (C=O) groups is 1. The number of nitrogens with one attached hydrogen (secondary N) is 1. The number of aromatic nitrogens is 5. The zero-order valence-corrected chi connectivity index (χ0v) is 18.8. The average Bonchev–Trinajstić information content (AvgIpc) is 3.37. The Morgan fingerprint density at radius 3 is 2.55 bits per heavy atom. The summed E-state index contributed by atoms with van der Waals surface area (Å²) >= 11 is 5.37. The van der Waals surface area contributed by atoms with Gasteiger partial charge in [0.25, 0.3) is 5.91 Å². The van der Waals surface area contributed by atoms with Crippen molar-refractivity contribution in [2.24, 2.45) is 0 Å². The molecule has 3 heterocycles. The third-order valence-electron chi connectivity index (χ3n) is 5.90. The number of amides is 1. The molecule has 1 amide bonds. The number of piperidine rings is 1. The topological polar surface area (TPSA) is 71.7 Å². The number of nitrogens with zero attached hydrogens (tertiary/aromatic N) is 5. The minimum Gasteiger partial charge on any atom is -0.338 e. The maximum absolute atomic E-state index is 13.3. The SMILES string of the molecule is CCc1c(C(=O)N2CCC(c3n[nH]c(=S)n3C(C)C)CC2)cnn1-c1ccc(F)cc1. The van der Waals surface area contributed by atoms with E-state index in [1.54, 1.807) is 23.0 Å². The van der Waals surface area contributed by atoms with E-state index in [9.17, 15) is 9.18 Å². The maximum atomic E-state index is 13.3. The van der Waals surface area contributed by atoms with Gasteiger partial charge in [-0.05, 0) is 69.6 Å². The van der Waals surface area contributed by atoms with Crippen LogP contribution in [0.5, 0.6) is 0 Å². The summed E-state index contributed by atoms with van der Waals surface area (Å²) in [4.78, 5) is 15.2. The quantitative estimate of drug-likeness (QED) is 0.594. The lowest BCUT2D eigenvalue weighted by molar-refractivity contribution is 0.0708. The first-order valence-corrected chi connectivity index (χ1v) is 11.1. The number of H-pyrrole nitrogens is 1. The Labute approximate surface area is 185 Å². The summed E-state index contributed by atoms with van der Waals surface area (Å²) in [6.45, 7) is 7.50. The number of halogens is 1. The molecule has 1 aliphatic heterocycles. The molecule has 0 atom stereocenters. The summed E-state index contributed by atoms with van der Waals surface area (Å²) < 4.78 is 17.7. The highest BCUT2D eigenvalue weighted by Crippen LogP contribution is 2.29. The average molecular weight is 443 g/mol. The second kappa shape index (κ2) is 8.74. The molecule has 31 heavy (non-hydrogen) atoms. The van der Waals surface area contributed by atoms with Crippen LogP contribution in [0.2, 0.25) is 0 Å². The lowest BCUT2D eigenvalue weighted by Crippen LogP contribution is -2.38. The van der Waals surface area contributed by atoms with Gasteiger partial charge in [0, 0.05) is 25.0 Å². The van der Waals surface area contributed by atoms with Gasteiger partial charge in [-0.3, -0.25) is 9.89 Å². The van der Waals surface area contributed by atoms with Gasteiger partial charge in [0.1, 0.15) is 11.6 Å². The Hall–Kier alpha value is -2.81. The monoisotopic (exact) mass is 442 g/mol. The van der Waals surface area contributed by atoms with Gasteiger partial charge < -0.3 is 9.47 Å². The highest BCUT2D eigenvalue weighted by atomic mass is 32.1. The van der Waals surface area contributed by atoms with Crippen LogP contribution in [-0.4, -0.2) is 48.4 Å². The molecule has 7 nitrogen and oxygen atoms in total. The van der Waals surface area contributed by atoms with Crippen molar-refractivity contribution in [2.75, 3.05) is 13.1 Å². The van der Waals surface area contributed by atoms with Crippen molar-refractivity contribution in [3.8, 4) is 5.69 Å². The Balaban J connectivity index is 1.51. The van der Waals surface area contributed by atoms with Gasteiger partial charge in [0.15, 0.2) is 4.77 Å². The van der Waals surface area contributed by atoms with Crippen molar-refractivity contribution in [3.05, 3.63) is 58.1 Å². The number of carbonyl (C=O) groups excluding carboxylic acids is 1. The summed E-state index contributed by atoms with van der Waals surface area (Å²) in [5, 5.41) is 11.8. The van der Waals surface area contributed by atoms with Crippen molar-refractivity contribution in [1.29, 1.82) is 0 Å². The Morgan fingerprint density at radius 1 is 1.26 bits per heavy atom. The fourth-order valence-corrected chi connectivity index (χ4v) is 4.66. The van der Waals surface area contributed by atoms with Crippen molar-refractivity contribution in [3.63, 3.8) is 0 Å².